The first-order valence-corrected chi connectivity index (χ1v) is 13.4. The Kier molecular flexibility index (Phi) is 13.6. The summed E-state index contributed by atoms with van der Waals surface area (Å²) >= 11 is 0. The predicted octanol–water partition coefficient (Wildman–Crippen LogP) is 9.31. The van der Waals surface area contributed by atoms with E-state index < -0.39 is 0 Å². The van der Waals surface area contributed by atoms with Gasteiger partial charge in [0.25, 0.3) is 0 Å². The molecule has 2 aromatic carbocycles. The van der Waals surface area contributed by atoms with Crippen LogP contribution in [0.15, 0.2) is 41.4 Å². The Morgan fingerprint density at radius 3 is 1.85 bits per heavy atom. The second kappa shape index (κ2) is 16.5. The molecule has 0 aliphatic carbocycles. The highest BCUT2D eigenvalue weighted by Crippen LogP contribution is 2.20. The summed E-state index contributed by atoms with van der Waals surface area (Å²) in [5.74, 6) is 0.908. The van der Waals surface area contributed by atoms with Gasteiger partial charge in [-0.1, -0.05) is 89.7 Å². The van der Waals surface area contributed by atoms with E-state index in [1.807, 2.05) is 18.3 Å². The van der Waals surface area contributed by atoms with Gasteiger partial charge in [0.05, 0.1) is 0 Å². The minimum atomic E-state index is 0.610. The Morgan fingerprint density at radius 2 is 1.24 bits per heavy atom. The highest BCUT2D eigenvalue weighted by Gasteiger charge is 2.04. The quantitative estimate of drug-likeness (QED) is 0.174. The van der Waals surface area contributed by atoms with Gasteiger partial charge in [-0.15, -0.1) is 0 Å². The van der Waals surface area contributed by atoms with Crippen molar-refractivity contribution in [2.45, 2.75) is 111 Å². The SMILES string of the molecule is CCCCCCCCCCCCCC/N=C/c1ccc(OCc2ccc(C)c(C)c2C)cc1. The van der Waals surface area contributed by atoms with E-state index in [9.17, 15) is 0 Å². The lowest BCUT2D eigenvalue weighted by atomic mass is 9.99. The van der Waals surface area contributed by atoms with Crippen LogP contribution in [0.5, 0.6) is 5.75 Å². The molecule has 0 atom stereocenters. The summed E-state index contributed by atoms with van der Waals surface area (Å²) in [5.41, 5.74) is 6.42. The van der Waals surface area contributed by atoms with E-state index in [0.29, 0.717) is 6.61 Å². The van der Waals surface area contributed by atoms with Gasteiger partial charge in [-0.05, 0) is 79.3 Å². The molecule has 2 rings (SSSR count). The lowest BCUT2D eigenvalue weighted by Gasteiger charge is -2.12. The molecule has 2 heteroatoms. The van der Waals surface area contributed by atoms with E-state index in [2.05, 4.69) is 57.0 Å². The van der Waals surface area contributed by atoms with Crippen molar-refractivity contribution in [1.82, 2.24) is 0 Å². The molecule has 0 bridgehead atoms. The number of ether oxygens (including phenoxy) is 1. The van der Waals surface area contributed by atoms with Crippen molar-refractivity contribution in [2.75, 3.05) is 6.54 Å². The van der Waals surface area contributed by atoms with E-state index in [1.165, 1.54) is 99.3 Å². The first-order valence-electron chi connectivity index (χ1n) is 13.4. The molecule has 0 unspecified atom stereocenters. The molecule has 0 fully saturated rings. The molecule has 2 aromatic rings. The number of unbranched alkanes of at least 4 members (excludes halogenated alkanes) is 11. The largest absolute Gasteiger partial charge is 0.489 e. The molecule has 2 nitrogen and oxygen atoms in total. The van der Waals surface area contributed by atoms with Crippen molar-refractivity contribution >= 4 is 6.21 Å². The summed E-state index contributed by atoms with van der Waals surface area (Å²) < 4.78 is 6.01. The van der Waals surface area contributed by atoms with Gasteiger partial charge in [0, 0.05) is 12.8 Å². The highest BCUT2D eigenvalue weighted by molar-refractivity contribution is 5.79. The summed E-state index contributed by atoms with van der Waals surface area (Å²) in [5, 5.41) is 0. The van der Waals surface area contributed by atoms with Crippen molar-refractivity contribution in [3.63, 3.8) is 0 Å². The minimum absolute atomic E-state index is 0.610. The van der Waals surface area contributed by atoms with E-state index in [4.69, 9.17) is 4.74 Å². The Hall–Kier alpha value is -2.09. The minimum Gasteiger partial charge on any atom is -0.489 e. The molecule has 33 heavy (non-hydrogen) atoms. The van der Waals surface area contributed by atoms with Gasteiger partial charge in [-0.2, -0.15) is 0 Å². The fourth-order valence-corrected chi connectivity index (χ4v) is 4.19. The second-order valence-corrected chi connectivity index (χ2v) is 9.57. The lowest BCUT2D eigenvalue weighted by Crippen LogP contribution is -2.00. The zero-order valence-electron chi connectivity index (χ0n) is 21.8. The molecule has 182 valence electrons. The number of aryl methyl sites for hydroxylation is 1. The van der Waals surface area contributed by atoms with Crippen LogP contribution in [-0.4, -0.2) is 12.8 Å². The molecule has 0 aliphatic heterocycles. The molecule has 0 N–H and O–H groups in total. The third-order valence-electron chi connectivity index (χ3n) is 6.83. The van der Waals surface area contributed by atoms with Crippen LogP contribution in [0.3, 0.4) is 0 Å². The molecule has 0 heterocycles. The van der Waals surface area contributed by atoms with Crippen molar-refractivity contribution in [2.24, 2.45) is 4.99 Å². The molecular formula is C31H47NO. The lowest BCUT2D eigenvalue weighted by molar-refractivity contribution is 0.305. The summed E-state index contributed by atoms with van der Waals surface area (Å²) in [6, 6.07) is 12.6. The zero-order valence-corrected chi connectivity index (χ0v) is 21.8. The number of rotatable bonds is 17. The van der Waals surface area contributed by atoms with Crippen LogP contribution >= 0.6 is 0 Å². The van der Waals surface area contributed by atoms with Gasteiger partial charge >= 0.3 is 0 Å². The predicted molar refractivity (Wildman–Crippen MR) is 145 cm³/mol. The molecule has 0 radical (unpaired) electrons. The number of nitrogens with zero attached hydrogens (tertiary/aromatic N) is 1. The zero-order chi connectivity index (χ0) is 23.7. The molecule has 0 amide bonds. The Morgan fingerprint density at radius 1 is 0.667 bits per heavy atom. The topological polar surface area (TPSA) is 21.6 Å². The average Bonchev–Trinajstić information content (AvgIpc) is 2.83. The molecule has 0 aliphatic rings. The van der Waals surface area contributed by atoms with Crippen LogP contribution < -0.4 is 4.74 Å². The summed E-state index contributed by atoms with van der Waals surface area (Å²) in [7, 11) is 0. The van der Waals surface area contributed by atoms with Crippen LogP contribution in [-0.2, 0) is 6.61 Å². The van der Waals surface area contributed by atoms with Crippen LogP contribution in [0, 0.1) is 20.8 Å². The van der Waals surface area contributed by atoms with E-state index in [1.54, 1.807) is 0 Å². The standard InChI is InChI=1S/C31H47NO/c1-5-6-7-8-9-10-11-12-13-14-15-16-23-32-24-29-18-21-31(22-19-29)33-25-30-20-17-26(2)27(3)28(30)4/h17-22,24H,5-16,23,25H2,1-4H3/b32-24+. The van der Waals surface area contributed by atoms with Gasteiger partial charge < -0.3 is 4.74 Å². The second-order valence-electron chi connectivity index (χ2n) is 9.57. The Balaban J connectivity index is 1.53. The smallest absolute Gasteiger partial charge is 0.119 e. The van der Waals surface area contributed by atoms with Gasteiger partial charge in [-0.3, -0.25) is 4.99 Å². The molecule has 0 saturated carbocycles. The fourth-order valence-electron chi connectivity index (χ4n) is 4.19. The van der Waals surface area contributed by atoms with Gasteiger partial charge in [0.15, 0.2) is 0 Å². The molecule has 0 spiro atoms. The van der Waals surface area contributed by atoms with E-state index in [-0.39, 0.29) is 0 Å². The maximum Gasteiger partial charge on any atom is 0.119 e. The summed E-state index contributed by atoms with van der Waals surface area (Å²) in [4.78, 5) is 4.61. The van der Waals surface area contributed by atoms with Crippen LogP contribution in [0.4, 0.5) is 0 Å². The Labute approximate surface area is 203 Å². The normalized spacial score (nSPS) is 11.4. The molecule has 0 aromatic heterocycles. The summed E-state index contributed by atoms with van der Waals surface area (Å²) in [6.45, 7) is 10.3. The van der Waals surface area contributed by atoms with Gasteiger partial charge in [0.1, 0.15) is 12.4 Å². The average molecular weight is 450 g/mol. The fraction of sp³-hybridized carbons (Fsp3) is 0.581. The monoisotopic (exact) mass is 449 g/mol. The molecule has 0 saturated heterocycles. The summed E-state index contributed by atoms with van der Waals surface area (Å²) in [6.07, 6.45) is 18.6. The number of benzene rings is 2. The third kappa shape index (κ3) is 11.1. The van der Waals surface area contributed by atoms with Crippen LogP contribution in [0.1, 0.15) is 112 Å². The van der Waals surface area contributed by atoms with Gasteiger partial charge in [-0.25, -0.2) is 0 Å². The van der Waals surface area contributed by atoms with Crippen molar-refractivity contribution in [3.8, 4) is 5.75 Å². The maximum atomic E-state index is 6.01. The van der Waals surface area contributed by atoms with Crippen molar-refractivity contribution in [1.29, 1.82) is 0 Å². The van der Waals surface area contributed by atoms with Crippen molar-refractivity contribution in [3.05, 3.63) is 64.2 Å². The first-order chi connectivity index (χ1) is 16.1. The van der Waals surface area contributed by atoms with Crippen molar-refractivity contribution < 1.29 is 4.74 Å². The van der Waals surface area contributed by atoms with E-state index >= 15 is 0 Å². The van der Waals surface area contributed by atoms with Crippen LogP contribution in [0.2, 0.25) is 0 Å². The number of hydrogen-bond donors (Lipinski definition) is 0. The highest BCUT2D eigenvalue weighted by atomic mass is 16.5. The van der Waals surface area contributed by atoms with Gasteiger partial charge in [0.2, 0.25) is 0 Å². The Bertz CT molecular complexity index is 806. The van der Waals surface area contributed by atoms with E-state index in [0.717, 1.165) is 17.9 Å². The third-order valence-corrected chi connectivity index (χ3v) is 6.83. The number of aliphatic imine (C=N–C) groups is 1. The molecular weight excluding hydrogens is 402 g/mol. The van der Waals surface area contributed by atoms with Crippen LogP contribution in [0.25, 0.3) is 0 Å². The maximum absolute atomic E-state index is 6.01. The first kappa shape index (κ1) is 27.2. The number of hydrogen-bond acceptors (Lipinski definition) is 2.